The SMILES string of the molecule is CC(NC(=O)CNC(=O)C(N)CCC(N)=O)C(=O)NC(Cc1cnc[nH]1)C(=O)O. The van der Waals surface area contributed by atoms with Gasteiger partial charge in [-0.05, 0) is 13.3 Å². The van der Waals surface area contributed by atoms with E-state index in [9.17, 15) is 29.1 Å². The Labute approximate surface area is 166 Å². The van der Waals surface area contributed by atoms with E-state index < -0.39 is 54.3 Å². The van der Waals surface area contributed by atoms with Crippen molar-refractivity contribution < 1.29 is 29.1 Å². The molecule has 1 aromatic rings. The van der Waals surface area contributed by atoms with Crippen LogP contribution < -0.4 is 27.4 Å². The highest BCUT2D eigenvalue weighted by molar-refractivity contribution is 5.92. The van der Waals surface area contributed by atoms with Crippen LogP contribution in [0, 0.1) is 0 Å². The van der Waals surface area contributed by atoms with Crippen molar-refractivity contribution in [3.05, 3.63) is 18.2 Å². The maximum Gasteiger partial charge on any atom is 0.326 e. The van der Waals surface area contributed by atoms with Gasteiger partial charge in [0.2, 0.25) is 23.6 Å². The van der Waals surface area contributed by atoms with Gasteiger partial charge in [-0.15, -0.1) is 0 Å². The molecule has 4 amide bonds. The van der Waals surface area contributed by atoms with Gasteiger partial charge in [0.25, 0.3) is 0 Å². The minimum atomic E-state index is -1.25. The van der Waals surface area contributed by atoms with E-state index in [0.29, 0.717) is 5.69 Å². The van der Waals surface area contributed by atoms with Crippen molar-refractivity contribution in [2.45, 2.75) is 44.3 Å². The fourth-order valence-electron chi connectivity index (χ4n) is 2.20. The molecule has 0 spiro atoms. The van der Waals surface area contributed by atoms with Crippen LogP contribution in [0.2, 0.25) is 0 Å². The normalized spacial score (nSPS) is 13.6. The Morgan fingerprint density at radius 2 is 1.90 bits per heavy atom. The maximum atomic E-state index is 12.2. The summed E-state index contributed by atoms with van der Waals surface area (Å²) in [6.45, 7) is 0.917. The van der Waals surface area contributed by atoms with Gasteiger partial charge in [0, 0.05) is 24.7 Å². The third-order valence-corrected chi connectivity index (χ3v) is 3.83. The number of nitrogens with two attached hydrogens (primary N) is 2. The number of amides is 4. The quantitative estimate of drug-likeness (QED) is 0.184. The van der Waals surface area contributed by atoms with Crippen molar-refractivity contribution >= 4 is 29.6 Å². The van der Waals surface area contributed by atoms with Crippen LogP contribution >= 0.6 is 0 Å². The first kappa shape index (κ1) is 23.6. The molecule has 1 heterocycles. The van der Waals surface area contributed by atoms with Crippen LogP contribution in [0.25, 0.3) is 0 Å². The maximum absolute atomic E-state index is 12.2. The van der Waals surface area contributed by atoms with E-state index >= 15 is 0 Å². The Bertz CT molecular complexity index is 736. The second-order valence-corrected chi connectivity index (χ2v) is 6.30. The van der Waals surface area contributed by atoms with Gasteiger partial charge >= 0.3 is 5.97 Å². The standard InChI is InChI=1S/C16H25N7O6/c1-8(14(26)23-11(16(28)29)4-9-5-19-7-21-9)22-13(25)6-20-15(27)10(17)2-3-12(18)24/h5,7-8,10-11H,2-4,6,17H2,1H3,(H2,18,24)(H,19,21)(H,20,27)(H,22,25)(H,23,26)(H,28,29). The molecule has 0 bridgehead atoms. The third-order valence-electron chi connectivity index (χ3n) is 3.83. The molecule has 29 heavy (non-hydrogen) atoms. The molecule has 1 rings (SSSR count). The molecule has 1 aromatic heterocycles. The van der Waals surface area contributed by atoms with Crippen LogP contribution in [0.15, 0.2) is 12.5 Å². The summed E-state index contributed by atoms with van der Waals surface area (Å²) < 4.78 is 0. The number of nitrogens with zero attached hydrogens (tertiary/aromatic N) is 1. The van der Waals surface area contributed by atoms with Crippen molar-refractivity contribution in [2.24, 2.45) is 11.5 Å². The summed E-state index contributed by atoms with van der Waals surface area (Å²) >= 11 is 0. The number of aliphatic carboxylic acids is 1. The van der Waals surface area contributed by atoms with Gasteiger partial charge in [-0.3, -0.25) is 19.2 Å². The zero-order valence-corrected chi connectivity index (χ0v) is 15.8. The van der Waals surface area contributed by atoms with Crippen molar-refractivity contribution in [3.63, 3.8) is 0 Å². The highest BCUT2D eigenvalue weighted by atomic mass is 16.4. The Hall–Kier alpha value is -3.48. The van der Waals surface area contributed by atoms with Gasteiger partial charge in [0.05, 0.1) is 18.9 Å². The highest BCUT2D eigenvalue weighted by Crippen LogP contribution is 2.00. The third kappa shape index (κ3) is 8.83. The number of primary amides is 1. The number of imidazole rings is 1. The summed E-state index contributed by atoms with van der Waals surface area (Å²) in [7, 11) is 0. The lowest BCUT2D eigenvalue weighted by Gasteiger charge is -2.18. The first-order valence-corrected chi connectivity index (χ1v) is 8.71. The van der Waals surface area contributed by atoms with Crippen LogP contribution in [0.4, 0.5) is 0 Å². The van der Waals surface area contributed by atoms with Gasteiger partial charge in [-0.1, -0.05) is 0 Å². The lowest BCUT2D eigenvalue weighted by atomic mass is 10.1. The van der Waals surface area contributed by atoms with Crippen LogP contribution in [0.1, 0.15) is 25.5 Å². The summed E-state index contributed by atoms with van der Waals surface area (Å²) in [6, 6.07) is -3.27. The average molecular weight is 411 g/mol. The lowest BCUT2D eigenvalue weighted by molar-refractivity contribution is -0.142. The Balaban J connectivity index is 2.44. The number of aromatic nitrogens is 2. The molecule has 0 radical (unpaired) electrons. The summed E-state index contributed by atoms with van der Waals surface area (Å²) in [4.78, 5) is 64.3. The minimum Gasteiger partial charge on any atom is -0.480 e. The van der Waals surface area contributed by atoms with E-state index in [4.69, 9.17) is 11.5 Å². The topological polar surface area (TPSA) is 222 Å². The summed E-state index contributed by atoms with van der Waals surface area (Å²) in [5.41, 5.74) is 11.0. The number of rotatable bonds is 12. The molecular weight excluding hydrogens is 386 g/mol. The molecule has 0 fully saturated rings. The van der Waals surface area contributed by atoms with Gasteiger partial charge in [-0.2, -0.15) is 0 Å². The van der Waals surface area contributed by atoms with Crippen molar-refractivity contribution in [2.75, 3.05) is 6.54 Å². The van der Waals surface area contributed by atoms with E-state index in [-0.39, 0.29) is 19.3 Å². The molecule has 9 N–H and O–H groups in total. The molecule has 0 saturated carbocycles. The fourth-order valence-corrected chi connectivity index (χ4v) is 2.20. The molecule has 0 aliphatic carbocycles. The first-order chi connectivity index (χ1) is 13.6. The monoisotopic (exact) mass is 411 g/mol. The number of carbonyl (C=O) groups is 5. The van der Waals surface area contributed by atoms with Crippen molar-refractivity contribution in [3.8, 4) is 0 Å². The number of carbonyl (C=O) groups excluding carboxylic acids is 4. The van der Waals surface area contributed by atoms with Crippen LogP contribution in [-0.4, -0.2) is 69.3 Å². The molecule has 0 aliphatic rings. The molecule has 0 saturated heterocycles. The minimum absolute atomic E-state index is 0.0129. The number of carboxylic acid groups (broad SMARTS) is 1. The summed E-state index contributed by atoms with van der Waals surface area (Å²) in [5, 5.41) is 16.2. The Kier molecular flexibility index (Phi) is 9.25. The highest BCUT2D eigenvalue weighted by Gasteiger charge is 2.25. The smallest absolute Gasteiger partial charge is 0.326 e. The van der Waals surface area contributed by atoms with Crippen molar-refractivity contribution in [1.29, 1.82) is 0 Å². The number of hydrogen-bond donors (Lipinski definition) is 7. The van der Waals surface area contributed by atoms with Crippen LogP contribution in [-0.2, 0) is 30.4 Å². The van der Waals surface area contributed by atoms with Crippen molar-refractivity contribution in [1.82, 2.24) is 25.9 Å². The summed E-state index contributed by atoms with van der Waals surface area (Å²) in [5.74, 6) is -3.89. The Morgan fingerprint density at radius 3 is 2.45 bits per heavy atom. The van der Waals surface area contributed by atoms with E-state index in [2.05, 4.69) is 25.9 Å². The van der Waals surface area contributed by atoms with Crippen LogP contribution in [0.3, 0.4) is 0 Å². The number of H-pyrrole nitrogens is 1. The average Bonchev–Trinajstić information content (AvgIpc) is 3.16. The molecule has 0 aliphatic heterocycles. The molecular formula is C16H25N7O6. The fraction of sp³-hybridized carbons (Fsp3) is 0.500. The number of aromatic amines is 1. The van der Waals surface area contributed by atoms with E-state index in [1.54, 1.807) is 0 Å². The largest absolute Gasteiger partial charge is 0.480 e. The zero-order chi connectivity index (χ0) is 22.0. The molecule has 160 valence electrons. The predicted molar refractivity (Wildman–Crippen MR) is 98.9 cm³/mol. The van der Waals surface area contributed by atoms with Gasteiger partial charge < -0.3 is 37.5 Å². The summed E-state index contributed by atoms with van der Waals surface area (Å²) in [6.07, 6.45) is 2.77. The number of carboxylic acids is 1. The van der Waals surface area contributed by atoms with E-state index in [1.807, 2.05) is 0 Å². The number of hydrogen-bond acceptors (Lipinski definition) is 7. The molecule has 13 heteroatoms. The lowest BCUT2D eigenvalue weighted by Crippen LogP contribution is -2.53. The van der Waals surface area contributed by atoms with Gasteiger partial charge in [0.15, 0.2) is 0 Å². The number of nitrogens with one attached hydrogen (secondary N) is 4. The Morgan fingerprint density at radius 1 is 1.21 bits per heavy atom. The van der Waals surface area contributed by atoms with E-state index in [1.165, 1.54) is 19.4 Å². The van der Waals surface area contributed by atoms with E-state index in [0.717, 1.165) is 0 Å². The first-order valence-electron chi connectivity index (χ1n) is 8.71. The van der Waals surface area contributed by atoms with Gasteiger partial charge in [0.1, 0.15) is 12.1 Å². The second kappa shape index (κ2) is 11.4. The molecule has 13 nitrogen and oxygen atoms in total. The van der Waals surface area contributed by atoms with Gasteiger partial charge in [-0.25, -0.2) is 9.78 Å². The molecule has 3 atom stereocenters. The van der Waals surface area contributed by atoms with Crippen LogP contribution in [0.5, 0.6) is 0 Å². The molecule has 0 aromatic carbocycles. The molecule has 3 unspecified atom stereocenters. The second-order valence-electron chi connectivity index (χ2n) is 6.30. The predicted octanol–water partition coefficient (Wildman–Crippen LogP) is -3.26. The zero-order valence-electron chi connectivity index (χ0n) is 15.8.